The minimum Gasteiger partial charge on any atom is -0.478 e. The fourth-order valence-electron chi connectivity index (χ4n) is 5.56. The second kappa shape index (κ2) is 7.97. The Bertz CT molecular complexity index is 1020. The Balaban J connectivity index is 1.53. The molecule has 2 aromatic carbocycles. The van der Waals surface area contributed by atoms with Gasteiger partial charge < -0.3 is 5.11 Å². The summed E-state index contributed by atoms with van der Waals surface area (Å²) in [6.07, 6.45) is 9.32. The molecule has 1 fully saturated rings. The molecule has 0 bridgehead atoms. The predicted octanol–water partition coefficient (Wildman–Crippen LogP) is 7.48. The molecule has 164 valence electrons. The molecule has 1 N–H and O–H groups in total. The Morgan fingerprint density at radius 3 is 2.26 bits per heavy atom. The molecule has 2 nitrogen and oxygen atoms in total. The zero-order valence-electron chi connectivity index (χ0n) is 19.7. The van der Waals surface area contributed by atoms with Gasteiger partial charge in [-0.3, -0.25) is 0 Å². The van der Waals surface area contributed by atoms with Crippen molar-refractivity contribution in [2.24, 2.45) is 0 Å². The highest BCUT2D eigenvalue weighted by Crippen LogP contribution is 2.48. The van der Waals surface area contributed by atoms with Crippen LogP contribution in [-0.2, 0) is 17.3 Å². The largest absolute Gasteiger partial charge is 0.478 e. The van der Waals surface area contributed by atoms with Crippen molar-refractivity contribution in [1.82, 2.24) is 0 Å². The first-order chi connectivity index (χ1) is 14.6. The number of fused-ring (bicyclic) bond motifs is 1. The van der Waals surface area contributed by atoms with Gasteiger partial charge in [0.05, 0.1) is 5.56 Å². The molecular weight excluding hydrogens is 380 g/mol. The van der Waals surface area contributed by atoms with Gasteiger partial charge in [0.1, 0.15) is 0 Å². The molecule has 31 heavy (non-hydrogen) atoms. The van der Waals surface area contributed by atoms with Crippen LogP contribution in [0.2, 0.25) is 0 Å². The molecule has 0 aliphatic heterocycles. The second-order valence-corrected chi connectivity index (χ2v) is 11.0. The van der Waals surface area contributed by atoms with E-state index in [1.54, 1.807) is 34.4 Å². The average molecular weight is 417 g/mol. The molecular formula is C29H36O2. The van der Waals surface area contributed by atoms with Gasteiger partial charge in [0.15, 0.2) is 0 Å². The lowest BCUT2D eigenvalue weighted by atomic mass is 9.62. The van der Waals surface area contributed by atoms with E-state index in [0.29, 0.717) is 11.5 Å². The first-order valence-corrected chi connectivity index (χ1v) is 11.7. The molecule has 2 aromatic rings. The van der Waals surface area contributed by atoms with Gasteiger partial charge in [0, 0.05) is 0 Å². The van der Waals surface area contributed by atoms with E-state index in [1.165, 1.54) is 36.8 Å². The van der Waals surface area contributed by atoms with Gasteiger partial charge in [-0.25, -0.2) is 4.79 Å². The summed E-state index contributed by atoms with van der Waals surface area (Å²) >= 11 is 0. The smallest absolute Gasteiger partial charge is 0.335 e. The lowest BCUT2D eigenvalue weighted by Gasteiger charge is -2.42. The maximum Gasteiger partial charge on any atom is 0.335 e. The monoisotopic (exact) mass is 416 g/mol. The Kier molecular flexibility index (Phi) is 5.62. The minimum atomic E-state index is -0.865. The van der Waals surface area contributed by atoms with E-state index in [4.69, 9.17) is 5.11 Å². The fraction of sp³-hybridized carbons (Fsp3) is 0.483. The first kappa shape index (κ1) is 21.9. The van der Waals surface area contributed by atoms with Crippen molar-refractivity contribution in [2.75, 3.05) is 0 Å². The van der Waals surface area contributed by atoms with Crippen LogP contribution < -0.4 is 0 Å². The number of carboxylic acid groups (broad SMARTS) is 1. The summed E-state index contributed by atoms with van der Waals surface area (Å²) in [7, 11) is 0. The molecule has 2 aliphatic rings. The molecule has 4 rings (SSSR count). The van der Waals surface area contributed by atoms with E-state index in [9.17, 15) is 4.79 Å². The van der Waals surface area contributed by atoms with Crippen molar-refractivity contribution in [1.29, 1.82) is 0 Å². The molecule has 0 aromatic heterocycles. The Morgan fingerprint density at radius 2 is 1.65 bits per heavy atom. The maximum absolute atomic E-state index is 11.0. The second-order valence-electron chi connectivity index (χ2n) is 11.0. The summed E-state index contributed by atoms with van der Waals surface area (Å²) in [4.78, 5) is 11.0. The van der Waals surface area contributed by atoms with E-state index in [2.05, 4.69) is 52.8 Å². The van der Waals surface area contributed by atoms with Gasteiger partial charge in [-0.2, -0.15) is 0 Å². The molecule has 2 aliphatic carbocycles. The molecule has 0 heterocycles. The maximum atomic E-state index is 11.0. The van der Waals surface area contributed by atoms with Crippen molar-refractivity contribution in [3.8, 4) is 0 Å². The summed E-state index contributed by atoms with van der Waals surface area (Å²) in [5.41, 5.74) is 9.74. The van der Waals surface area contributed by atoms with E-state index in [0.717, 1.165) is 12.8 Å². The topological polar surface area (TPSA) is 37.3 Å². The number of rotatable bonds is 4. The normalized spacial score (nSPS) is 23.0. The highest BCUT2D eigenvalue weighted by Gasteiger charge is 2.38. The minimum absolute atomic E-state index is 0.257. The summed E-state index contributed by atoms with van der Waals surface area (Å²) in [6.45, 7) is 11.9. The number of aromatic carboxylic acids is 1. The van der Waals surface area contributed by atoms with Gasteiger partial charge in [0.25, 0.3) is 0 Å². The molecule has 0 saturated heterocycles. The van der Waals surface area contributed by atoms with Crippen LogP contribution in [-0.4, -0.2) is 11.1 Å². The molecule has 0 radical (unpaired) electrons. The zero-order chi connectivity index (χ0) is 22.4. The fourth-order valence-corrected chi connectivity index (χ4v) is 5.56. The third kappa shape index (κ3) is 4.35. The lowest BCUT2D eigenvalue weighted by molar-refractivity contribution is 0.0697. The number of allylic oxidation sites excluding steroid dienone is 2. The molecule has 1 atom stereocenters. The molecule has 1 saturated carbocycles. The van der Waals surface area contributed by atoms with Crippen LogP contribution in [0.4, 0.5) is 0 Å². The lowest BCUT2D eigenvalue weighted by Crippen LogP contribution is -2.34. The average Bonchev–Trinajstić information content (AvgIpc) is 3.19. The van der Waals surface area contributed by atoms with Gasteiger partial charge in [-0.1, -0.05) is 63.6 Å². The standard InChI is InChI=1S/C29H36O2/c1-19-16-25-26(29(4,5)15-14-28(25,2)3)18-24(19)23-13-10-21(17-23)7-6-20-8-11-22(12-9-20)27(30)31/h7-9,11-12,16,18,23H,6,10,13-15,17H2,1-5H3,(H,30,31)/b21-7+. The number of carbonyl (C=O) groups is 1. The summed E-state index contributed by atoms with van der Waals surface area (Å²) in [5, 5.41) is 9.06. The van der Waals surface area contributed by atoms with Crippen LogP contribution in [0.1, 0.15) is 104 Å². The van der Waals surface area contributed by atoms with Crippen molar-refractivity contribution in [2.45, 2.75) is 89.9 Å². The molecule has 0 amide bonds. The highest BCUT2D eigenvalue weighted by atomic mass is 16.4. The number of benzene rings is 2. The van der Waals surface area contributed by atoms with Crippen LogP contribution >= 0.6 is 0 Å². The SMILES string of the molecule is Cc1cc2c(cc1C1CC/C(=C\Cc3ccc(C(=O)O)cc3)C1)C(C)(C)CCC2(C)C. The van der Waals surface area contributed by atoms with Crippen LogP contribution in [0.15, 0.2) is 48.0 Å². The Morgan fingerprint density at radius 1 is 1.03 bits per heavy atom. The van der Waals surface area contributed by atoms with Crippen molar-refractivity contribution < 1.29 is 9.90 Å². The predicted molar refractivity (Wildman–Crippen MR) is 128 cm³/mol. The van der Waals surface area contributed by atoms with E-state index >= 15 is 0 Å². The van der Waals surface area contributed by atoms with E-state index in [-0.39, 0.29) is 10.8 Å². The van der Waals surface area contributed by atoms with Crippen molar-refractivity contribution >= 4 is 5.97 Å². The first-order valence-electron chi connectivity index (χ1n) is 11.7. The third-order valence-electron chi connectivity index (χ3n) is 7.83. The third-order valence-corrected chi connectivity index (χ3v) is 7.83. The molecule has 0 spiro atoms. The Labute approximate surface area is 187 Å². The van der Waals surface area contributed by atoms with Gasteiger partial charge in [-0.15, -0.1) is 0 Å². The van der Waals surface area contributed by atoms with Crippen molar-refractivity contribution in [3.63, 3.8) is 0 Å². The van der Waals surface area contributed by atoms with Crippen LogP contribution in [0.25, 0.3) is 0 Å². The van der Waals surface area contributed by atoms with Crippen LogP contribution in [0.3, 0.4) is 0 Å². The van der Waals surface area contributed by atoms with E-state index in [1.807, 2.05) is 12.1 Å². The number of aryl methyl sites for hydroxylation is 1. The molecule has 1 unspecified atom stereocenters. The number of hydrogen-bond donors (Lipinski definition) is 1. The van der Waals surface area contributed by atoms with Gasteiger partial charge >= 0.3 is 5.97 Å². The van der Waals surface area contributed by atoms with Gasteiger partial charge in [-0.05, 0) is 102 Å². The summed E-state index contributed by atoms with van der Waals surface area (Å²) in [5.74, 6) is -0.248. The van der Waals surface area contributed by atoms with E-state index < -0.39 is 5.97 Å². The quantitative estimate of drug-likeness (QED) is 0.525. The summed E-state index contributed by atoms with van der Waals surface area (Å²) < 4.78 is 0. The number of carboxylic acids is 1. The van der Waals surface area contributed by atoms with Gasteiger partial charge in [0.2, 0.25) is 0 Å². The zero-order valence-corrected chi connectivity index (χ0v) is 19.7. The Hall–Kier alpha value is -2.35. The van der Waals surface area contributed by atoms with Crippen LogP contribution in [0.5, 0.6) is 0 Å². The van der Waals surface area contributed by atoms with Crippen LogP contribution in [0, 0.1) is 6.92 Å². The number of hydrogen-bond acceptors (Lipinski definition) is 1. The highest BCUT2D eigenvalue weighted by molar-refractivity contribution is 5.87. The molecule has 2 heteroatoms. The summed E-state index contributed by atoms with van der Waals surface area (Å²) in [6, 6.07) is 12.3. The van der Waals surface area contributed by atoms with Crippen molar-refractivity contribution in [3.05, 3.63) is 81.4 Å².